The number of amides is 1. The maximum atomic E-state index is 11.1. The molecule has 6 heteroatoms. The zero-order valence-electron chi connectivity index (χ0n) is 10.6. The zero-order valence-corrected chi connectivity index (χ0v) is 10.6. The summed E-state index contributed by atoms with van der Waals surface area (Å²) in [4.78, 5) is 22.1. The van der Waals surface area contributed by atoms with Crippen molar-refractivity contribution in [3.05, 3.63) is 0 Å². The summed E-state index contributed by atoms with van der Waals surface area (Å²) < 4.78 is 15.8. The van der Waals surface area contributed by atoms with E-state index in [0.717, 1.165) is 0 Å². The lowest BCUT2D eigenvalue weighted by molar-refractivity contribution is -0.223. The summed E-state index contributed by atoms with van der Waals surface area (Å²) >= 11 is 0. The summed E-state index contributed by atoms with van der Waals surface area (Å²) in [6, 6.07) is -0.287. The van der Waals surface area contributed by atoms with Gasteiger partial charge in [-0.05, 0) is 6.92 Å². The summed E-state index contributed by atoms with van der Waals surface area (Å²) in [5.74, 6) is -0.562. The van der Waals surface area contributed by atoms with Crippen LogP contribution in [-0.4, -0.2) is 43.5 Å². The maximum absolute atomic E-state index is 11.1. The van der Waals surface area contributed by atoms with E-state index < -0.39 is 18.4 Å². The van der Waals surface area contributed by atoms with Crippen LogP contribution >= 0.6 is 0 Å². The Morgan fingerprint density at radius 1 is 1.35 bits per heavy atom. The van der Waals surface area contributed by atoms with Gasteiger partial charge in [-0.2, -0.15) is 0 Å². The lowest BCUT2D eigenvalue weighted by Crippen LogP contribution is -2.56. The van der Waals surface area contributed by atoms with Crippen LogP contribution in [0.4, 0.5) is 0 Å². The molecular weight excluding hydrogens is 226 g/mol. The first-order valence-electron chi connectivity index (χ1n) is 5.56. The molecule has 1 saturated heterocycles. The highest BCUT2D eigenvalue weighted by Gasteiger charge is 2.39. The normalized spacial score (nSPS) is 32.9. The molecular formula is C11H19NO5. The molecule has 98 valence electrons. The molecule has 0 aromatic carbocycles. The molecule has 0 unspecified atom stereocenters. The number of esters is 1. The first-order chi connectivity index (χ1) is 7.93. The average molecular weight is 245 g/mol. The number of hydrogen-bond donors (Lipinski definition) is 1. The van der Waals surface area contributed by atoms with Crippen LogP contribution in [0.5, 0.6) is 0 Å². The van der Waals surface area contributed by atoms with Crippen molar-refractivity contribution in [3.8, 4) is 0 Å². The van der Waals surface area contributed by atoms with Crippen molar-refractivity contribution in [2.75, 3.05) is 7.11 Å². The highest BCUT2D eigenvalue weighted by Crippen LogP contribution is 2.23. The van der Waals surface area contributed by atoms with E-state index in [9.17, 15) is 9.59 Å². The van der Waals surface area contributed by atoms with E-state index in [4.69, 9.17) is 14.2 Å². The SMILES string of the molecule is CO[C@H]1C[C@@H](NC(C)=O)[C@H](OC(C)=O)[C@H](C)O1. The summed E-state index contributed by atoms with van der Waals surface area (Å²) in [5, 5.41) is 2.76. The molecule has 0 spiro atoms. The molecule has 4 atom stereocenters. The smallest absolute Gasteiger partial charge is 0.303 e. The highest BCUT2D eigenvalue weighted by molar-refractivity contribution is 5.73. The zero-order chi connectivity index (χ0) is 13.0. The second-order valence-corrected chi connectivity index (χ2v) is 4.12. The molecule has 1 aliphatic rings. The van der Waals surface area contributed by atoms with Crippen LogP contribution in [0.15, 0.2) is 0 Å². The van der Waals surface area contributed by atoms with Crippen molar-refractivity contribution in [1.82, 2.24) is 5.32 Å². The third kappa shape index (κ3) is 3.98. The molecule has 0 aromatic rings. The van der Waals surface area contributed by atoms with Gasteiger partial charge in [0.2, 0.25) is 5.91 Å². The average Bonchev–Trinajstić information content (AvgIpc) is 2.21. The molecule has 1 aliphatic heterocycles. The number of nitrogens with one attached hydrogen (secondary N) is 1. The number of methoxy groups -OCH3 is 1. The Morgan fingerprint density at radius 3 is 2.47 bits per heavy atom. The maximum Gasteiger partial charge on any atom is 0.303 e. The predicted octanol–water partition coefficient (Wildman–Crippen LogP) is 0.204. The van der Waals surface area contributed by atoms with E-state index in [-0.39, 0.29) is 18.1 Å². The molecule has 1 heterocycles. The van der Waals surface area contributed by atoms with Gasteiger partial charge < -0.3 is 19.5 Å². The van der Waals surface area contributed by atoms with Gasteiger partial charge in [0.15, 0.2) is 6.29 Å². The second kappa shape index (κ2) is 5.97. The third-order valence-corrected chi connectivity index (χ3v) is 2.63. The van der Waals surface area contributed by atoms with E-state index in [0.29, 0.717) is 6.42 Å². The van der Waals surface area contributed by atoms with Gasteiger partial charge in [-0.15, -0.1) is 0 Å². The first kappa shape index (κ1) is 13.9. The van der Waals surface area contributed by atoms with Crippen molar-refractivity contribution >= 4 is 11.9 Å². The van der Waals surface area contributed by atoms with E-state index >= 15 is 0 Å². The Hall–Kier alpha value is -1.14. The quantitative estimate of drug-likeness (QED) is 0.719. The summed E-state index contributed by atoms with van der Waals surface area (Å²) in [5.41, 5.74) is 0. The van der Waals surface area contributed by atoms with Gasteiger partial charge in [0.1, 0.15) is 6.10 Å². The summed E-state index contributed by atoms with van der Waals surface area (Å²) in [6.07, 6.45) is -0.746. The number of ether oxygens (including phenoxy) is 3. The topological polar surface area (TPSA) is 73.9 Å². The van der Waals surface area contributed by atoms with Crippen LogP contribution in [0.2, 0.25) is 0 Å². The van der Waals surface area contributed by atoms with Gasteiger partial charge in [0.25, 0.3) is 0 Å². The van der Waals surface area contributed by atoms with Crippen LogP contribution in [-0.2, 0) is 23.8 Å². The summed E-state index contributed by atoms with van der Waals surface area (Å²) in [7, 11) is 1.54. The molecule has 0 bridgehead atoms. The van der Waals surface area contributed by atoms with Gasteiger partial charge in [0.05, 0.1) is 12.1 Å². The molecule has 17 heavy (non-hydrogen) atoms. The number of hydrogen-bond acceptors (Lipinski definition) is 5. The van der Waals surface area contributed by atoms with Crippen molar-refractivity contribution in [3.63, 3.8) is 0 Å². The van der Waals surface area contributed by atoms with Crippen LogP contribution in [0.1, 0.15) is 27.2 Å². The third-order valence-electron chi connectivity index (χ3n) is 2.63. The monoisotopic (exact) mass is 245 g/mol. The Morgan fingerprint density at radius 2 is 2.00 bits per heavy atom. The Kier molecular flexibility index (Phi) is 4.89. The first-order valence-corrected chi connectivity index (χ1v) is 5.56. The summed E-state index contributed by atoms with van der Waals surface area (Å²) in [6.45, 7) is 4.54. The van der Waals surface area contributed by atoms with Gasteiger partial charge in [0, 0.05) is 27.4 Å². The van der Waals surface area contributed by atoms with Gasteiger partial charge in [-0.1, -0.05) is 0 Å². The Bertz CT molecular complexity index is 294. The Labute approximate surface area is 101 Å². The van der Waals surface area contributed by atoms with Crippen molar-refractivity contribution < 1.29 is 23.8 Å². The van der Waals surface area contributed by atoms with Gasteiger partial charge in [-0.25, -0.2) is 0 Å². The van der Waals surface area contributed by atoms with Crippen LogP contribution < -0.4 is 5.32 Å². The van der Waals surface area contributed by atoms with E-state index in [2.05, 4.69) is 5.32 Å². The minimum absolute atomic E-state index is 0.170. The standard InChI is InChI=1S/C11H19NO5/c1-6-11(17-8(3)14)9(12-7(2)13)5-10(15-4)16-6/h6,9-11H,5H2,1-4H3,(H,12,13)/t6-,9+,10+,11+/m0/s1. The van der Waals surface area contributed by atoms with Crippen molar-refractivity contribution in [2.24, 2.45) is 0 Å². The second-order valence-electron chi connectivity index (χ2n) is 4.12. The Balaban J connectivity index is 2.74. The molecule has 1 N–H and O–H groups in total. The molecule has 0 saturated carbocycles. The van der Waals surface area contributed by atoms with Gasteiger partial charge in [-0.3, -0.25) is 9.59 Å². The van der Waals surface area contributed by atoms with Crippen LogP contribution in [0, 0.1) is 0 Å². The predicted molar refractivity (Wildman–Crippen MR) is 59.1 cm³/mol. The van der Waals surface area contributed by atoms with Crippen LogP contribution in [0.25, 0.3) is 0 Å². The van der Waals surface area contributed by atoms with Crippen LogP contribution in [0.3, 0.4) is 0 Å². The van der Waals surface area contributed by atoms with E-state index in [1.54, 1.807) is 6.92 Å². The van der Waals surface area contributed by atoms with Gasteiger partial charge >= 0.3 is 5.97 Å². The molecule has 1 rings (SSSR count). The minimum atomic E-state index is -0.484. The number of rotatable bonds is 3. The number of carbonyl (C=O) groups excluding carboxylic acids is 2. The minimum Gasteiger partial charge on any atom is -0.458 e. The van der Waals surface area contributed by atoms with Crippen molar-refractivity contribution in [2.45, 2.75) is 51.7 Å². The fourth-order valence-electron chi connectivity index (χ4n) is 1.96. The molecule has 0 radical (unpaired) electrons. The molecule has 1 fully saturated rings. The lowest BCUT2D eigenvalue weighted by Gasteiger charge is -2.39. The number of carbonyl (C=O) groups is 2. The fourth-order valence-corrected chi connectivity index (χ4v) is 1.96. The van der Waals surface area contributed by atoms with E-state index in [1.165, 1.54) is 21.0 Å². The molecule has 1 amide bonds. The van der Waals surface area contributed by atoms with Crippen molar-refractivity contribution in [1.29, 1.82) is 0 Å². The molecule has 0 aliphatic carbocycles. The molecule has 6 nitrogen and oxygen atoms in total. The van der Waals surface area contributed by atoms with E-state index in [1.807, 2.05) is 0 Å². The molecule has 0 aromatic heterocycles. The lowest BCUT2D eigenvalue weighted by atomic mass is 9.99. The largest absolute Gasteiger partial charge is 0.458 e. The highest BCUT2D eigenvalue weighted by atomic mass is 16.7. The fraction of sp³-hybridized carbons (Fsp3) is 0.818.